The van der Waals surface area contributed by atoms with Crippen molar-refractivity contribution in [3.63, 3.8) is 0 Å². The number of anilines is 1. The molecule has 212 valence electrons. The lowest BCUT2D eigenvalue weighted by molar-refractivity contribution is -0.113. The Balaban J connectivity index is 1.63. The number of benzene rings is 3. The number of nitrogens with zero attached hydrogens (tertiary/aromatic N) is 2. The number of carbonyl (C=O) groups excluding carboxylic acids is 1. The van der Waals surface area contributed by atoms with Gasteiger partial charge in [0.15, 0.2) is 4.80 Å². The lowest BCUT2D eigenvalue weighted by Crippen LogP contribution is -2.40. The lowest BCUT2D eigenvalue weighted by Gasteiger charge is -2.25. The Kier molecular flexibility index (Phi) is 9.50. The maximum atomic E-state index is 14.0. The van der Waals surface area contributed by atoms with Gasteiger partial charge in [-0.1, -0.05) is 47.6 Å². The van der Waals surface area contributed by atoms with E-state index in [0.29, 0.717) is 44.4 Å². The normalized spacial score (nSPS) is 14.5. The zero-order valence-corrected chi connectivity index (χ0v) is 27.8. The minimum Gasteiger partial charge on any atom is -0.494 e. The lowest BCUT2D eigenvalue weighted by atomic mass is 9.95. The molecule has 7 nitrogen and oxygen atoms in total. The highest BCUT2D eigenvalue weighted by atomic mass is 127. The molecule has 0 saturated heterocycles. The predicted octanol–water partition coefficient (Wildman–Crippen LogP) is 5.49. The van der Waals surface area contributed by atoms with Gasteiger partial charge in [-0.2, -0.15) is 0 Å². The average molecular weight is 801 g/mol. The Hall–Kier alpha value is -3.41. The summed E-state index contributed by atoms with van der Waals surface area (Å²) in [6, 6.07) is 19.9. The summed E-state index contributed by atoms with van der Waals surface area (Å²) in [7, 11) is 0. The number of para-hydroxylation sites is 1. The summed E-state index contributed by atoms with van der Waals surface area (Å²) < 4.78 is 15.2. The number of rotatable bonds is 8. The zero-order chi connectivity index (χ0) is 29.8. The van der Waals surface area contributed by atoms with Crippen LogP contribution in [0.15, 0.2) is 87.8 Å². The minimum atomic E-state index is -0.678. The number of carbonyl (C=O) groups is 1. The third kappa shape index (κ3) is 6.33. The number of hydrogen-bond acceptors (Lipinski definition) is 6. The van der Waals surface area contributed by atoms with E-state index in [0.717, 1.165) is 18.3 Å². The second kappa shape index (κ2) is 13.3. The SMILES string of the molecule is C#CCOc1c(I)cc(/C=c2\sc3n(c2=O)[C@@H](c2ccc(OCC)cc2)C(C(=O)Nc2ccccc2)=C(C)N=3)cc1I. The first-order valence-electron chi connectivity index (χ1n) is 13.0. The standard InChI is InChI=1S/C32H25I2N3O4S/c1-4-15-41-29-24(33)16-20(17-25(29)34)18-26-31(39)37-28(21-11-13-23(14-12-21)40-5-2)27(19(3)35-32(37)42-26)30(38)36-22-9-7-6-8-10-22/h1,6-14,16-18,28H,5,15H2,2-3H3,(H,36,38)/b26-18-/t28-/m0/s1. The fraction of sp³-hybridized carbons (Fsp3) is 0.156. The molecule has 1 aliphatic heterocycles. The monoisotopic (exact) mass is 801 g/mol. The largest absolute Gasteiger partial charge is 0.494 e. The van der Waals surface area contributed by atoms with Gasteiger partial charge < -0.3 is 14.8 Å². The molecule has 1 atom stereocenters. The summed E-state index contributed by atoms with van der Waals surface area (Å²) in [6.07, 6.45) is 7.20. The molecule has 1 aliphatic rings. The Labute approximate surface area is 274 Å². The van der Waals surface area contributed by atoms with Crippen LogP contribution in [0.5, 0.6) is 11.5 Å². The Bertz CT molecular complexity index is 1880. The van der Waals surface area contributed by atoms with Crippen LogP contribution in [0, 0.1) is 19.5 Å². The number of thiazole rings is 1. The fourth-order valence-corrected chi connectivity index (χ4v) is 7.80. The first kappa shape index (κ1) is 30.1. The number of halogens is 2. The van der Waals surface area contributed by atoms with Crippen molar-refractivity contribution < 1.29 is 14.3 Å². The van der Waals surface area contributed by atoms with Crippen molar-refractivity contribution in [2.24, 2.45) is 4.99 Å². The number of hydrogen-bond donors (Lipinski definition) is 1. The zero-order valence-electron chi connectivity index (χ0n) is 22.7. The molecule has 4 aromatic rings. The van der Waals surface area contributed by atoms with Crippen LogP contribution in [0.3, 0.4) is 0 Å². The van der Waals surface area contributed by atoms with Crippen molar-refractivity contribution in [3.05, 3.63) is 116 Å². The Morgan fingerprint density at radius 3 is 2.45 bits per heavy atom. The van der Waals surface area contributed by atoms with E-state index >= 15 is 0 Å². The smallest absolute Gasteiger partial charge is 0.271 e. The van der Waals surface area contributed by atoms with Crippen LogP contribution in [0.4, 0.5) is 5.69 Å². The number of amides is 1. The molecule has 0 bridgehead atoms. The van der Waals surface area contributed by atoms with Gasteiger partial charge in [0.1, 0.15) is 18.1 Å². The maximum Gasteiger partial charge on any atom is 0.271 e. The average Bonchev–Trinajstić information content (AvgIpc) is 3.27. The van der Waals surface area contributed by atoms with E-state index in [2.05, 4.69) is 56.4 Å². The third-order valence-electron chi connectivity index (χ3n) is 6.42. The second-order valence-electron chi connectivity index (χ2n) is 9.21. The van der Waals surface area contributed by atoms with E-state index in [1.165, 1.54) is 11.3 Å². The van der Waals surface area contributed by atoms with Crippen LogP contribution in [0.1, 0.15) is 31.0 Å². The molecule has 0 radical (unpaired) electrons. The van der Waals surface area contributed by atoms with E-state index in [1.807, 2.05) is 79.7 Å². The van der Waals surface area contributed by atoms with Crippen molar-refractivity contribution in [2.45, 2.75) is 19.9 Å². The molecule has 0 saturated carbocycles. The summed E-state index contributed by atoms with van der Waals surface area (Å²) in [5, 5.41) is 2.98. The van der Waals surface area contributed by atoms with E-state index in [1.54, 1.807) is 11.5 Å². The van der Waals surface area contributed by atoms with Gasteiger partial charge in [-0.05, 0) is 113 Å². The van der Waals surface area contributed by atoms with Crippen LogP contribution in [-0.4, -0.2) is 23.7 Å². The topological polar surface area (TPSA) is 81.9 Å². The molecule has 5 rings (SSSR count). The number of nitrogens with one attached hydrogen (secondary N) is 1. The summed E-state index contributed by atoms with van der Waals surface area (Å²) in [5.41, 5.74) is 3.00. The van der Waals surface area contributed by atoms with Crippen molar-refractivity contribution in [3.8, 4) is 23.8 Å². The highest BCUT2D eigenvalue weighted by Gasteiger charge is 2.32. The van der Waals surface area contributed by atoms with E-state index in [4.69, 9.17) is 20.9 Å². The van der Waals surface area contributed by atoms with Gasteiger partial charge in [0.2, 0.25) is 0 Å². The molecular formula is C32H25I2N3O4S. The van der Waals surface area contributed by atoms with Crippen molar-refractivity contribution >= 4 is 74.2 Å². The van der Waals surface area contributed by atoms with Gasteiger partial charge >= 0.3 is 0 Å². The molecule has 2 heterocycles. The van der Waals surface area contributed by atoms with E-state index in [9.17, 15) is 9.59 Å². The molecule has 10 heteroatoms. The van der Waals surface area contributed by atoms with Crippen LogP contribution >= 0.6 is 56.5 Å². The van der Waals surface area contributed by atoms with Gasteiger partial charge in [-0.15, -0.1) is 6.42 Å². The Morgan fingerprint density at radius 2 is 1.81 bits per heavy atom. The van der Waals surface area contributed by atoms with Gasteiger partial charge in [0, 0.05) is 5.69 Å². The van der Waals surface area contributed by atoms with Gasteiger partial charge in [0.05, 0.1) is 35.6 Å². The quantitative estimate of drug-likeness (QED) is 0.189. The molecule has 0 spiro atoms. The predicted molar refractivity (Wildman–Crippen MR) is 183 cm³/mol. The van der Waals surface area contributed by atoms with Crippen molar-refractivity contribution in [1.29, 1.82) is 0 Å². The number of ether oxygens (including phenoxy) is 2. The molecule has 1 aromatic heterocycles. The molecule has 1 amide bonds. The molecule has 1 N–H and O–H groups in total. The number of allylic oxidation sites excluding steroid dienone is 1. The van der Waals surface area contributed by atoms with Crippen LogP contribution < -0.4 is 29.7 Å². The first-order chi connectivity index (χ1) is 20.3. The molecule has 0 unspecified atom stereocenters. The molecule has 42 heavy (non-hydrogen) atoms. The number of aromatic nitrogens is 1. The maximum absolute atomic E-state index is 14.0. The number of terminal acetylenes is 1. The van der Waals surface area contributed by atoms with Crippen molar-refractivity contribution in [1.82, 2.24) is 4.57 Å². The Morgan fingerprint density at radius 1 is 1.12 bits per heavy atom. The fourth-order valence-electron chi connectivity index (χ4n) is 4.63. The van der Waals surface area contributed by atoms with E-state index in [-0.39, 0.29) is 18.1 Å². The second-order valence-corrected chi connectivity index (χ2v) is 12.5. The van der Waals surface area contributed by atoms with Crippen molar-refractivity contribution in [2.75, 3.05) is 18.5 Å². The van der Waals surface area contributed by atoms with E-state index < -0.39 is 6.04 Å². The molecular weight excluding hydrogens is 776 g/mol. The highest BCUT2D eigenvalue weighted by molar-refractivity contribution is 14.1. The summed E-state index contributed by atoms with van der Waals surface area (Å²) in [6.45, 7) is 4.44. The van der Waals surface area contributed by atoms with Crippen LogP contribution in [0.2, 0.25) is 0 Å². The van der Waals surface area contributed by atoms with Crippen LogP contribution in [0.25, 0.3) is 6.08 Å². The molecule has 0 fully saturated rings. The summed E-state index contributed by atoms with van der Waals surface area (Å²) in [5.74, 6) is 3.60. The highest BCUT2D eigenvalue weighted by Crippen LogP contribution is 2.32. The first-order valence-corrected chi connectivity index (χ1v) is 15.9. The van der Waals surface area contributed by atoms with Gasteiger partial charge in [-0.3, -0.25) is 14.2 Å². The number of fused-ring (bicyclic) bond motifs is 1. The van der Waals surface area contributed by atoms with Gasteiger partial charge in [-0.25, -0.2) is 4.99 Å². The van der Waals surface area contributed by atoms with Gasteiger partial charge in [0.25, 0.3) is 11.5 Å². The molecule has 3 aromatic carbocycles. The minimum absolute atomic E-state index is 0.176. The molecule has 0 aliphatic carbocycles. The third-order valence-corrected chi connectivity index (χ3v) is 9.01. The summed E-state index contributed by atoms with van der Waals surface area (Å²) >= 11 is 5.70. The van der Waals surface area contributed by atoms with Crippen LogP contribution in [-0.2, 0) is 4.79 Å². The summed E-state index contributed by atoms with van der Waals surface area (Å²) in [4.78, 5) is 33.0.